The first-order valence-electron chi connectivity index (χ1n) is 9.05. The van der Waals surface area contributed by atoms with Crippen molar-refractivity contribution in [2.24, 2.45) is 11.1 Å². The molecule has 7 heteroatoms. The minimum absolute atomic E-state index is 0.0742. The number of carbonyl (C=O) groups is 1. The second-order valence-corrected chi connectivity index (χ2v) is 7.49. The predicted octanol–water partition coefficient (Wildman–Crippen LogP) is 2.12. The third kappa shape index (κ3) is 3.03. The van der Waals surface area contributed by atoms with Crippen LogP contribution in [0.4, 0.5) is 0 Å². The quantitative estimate of drug-likeness (QED) is 0.847. The number of aromatic nitrogens is 3. The Morgan fingerprint density at radius 1 is 1.25 bits per heavy atom. The van der Waals surface area contributed by atoms with E-state index >= 15 is 0 Å². The first-order valence-corrected chi connectivity index (χ1v) is 9.05. The summed E-state index contributed by atoms with van der Waals surface area (Å²) in [4.78, 5) is 19.9. The van der Waals surface area contributed by atoms with Crippen molar-refractivity contribution in [1.82, 2.24) is 19.9 Å². The lowest BCUT2D eigenvalue weighted by atomic mass is 10.0. The number of amides is 1. The molecule has 2 aliphatic heterocycles. The fraction of sp³-hybridized carbons (Fsp3) is 0.765. The number of nitrogens with zero attached hydrogens (tertiary/aromatic N) is 5. The van der Waals surface area contributed by atoms with Gasteiger partial charge in [0.25, 0.3) is 5.91 Å². The molecule has 1 saturated heterocycles. The van der Waals surface area contributed by atoms with E-state index in [9.17, 15) is 4.79 Å². The van der Waals surface area contributed by atoms with Crippen LogP contribution in [0.2, 0.25) is 0 Å². The highest BCUT2D eigenvalue weighted by Gasteiger charge is 2.35. The van der Waals surface area contributed by atoms with Crippen LogP contribution in [0.1, 0.15) is 63.6 Å². The summed E-state index contributed by atoms with van der Waals surface area (Å²) in [6.45, 7) is 5.65. The second kappa shape index (κ2) is 6.18. The topological polar surface area (TPSA) is 72.6 Å². The molecule has 1 saturated carbocycles. The van der Waals surface area contributed by atoms with Crippen LogP contribution in [0.3, 0.4) is 0 Å². The average Bonchev–Trinajstić information content (AvgIpc) is 3.13. The van der Waals surface area contributed by atoms with Crippen molar-refractivity contribution in [2.75, 3.05) is 13.1 Å². The molecule has 1 aromatic rings. The molecule has 0 radical (unpaired) electrons. The van der Waals surface area contributed by atoms with E-state index in [-0.39, 0.29) is 5.91 Å². The van der Waals surface area contributed by atoms with Gasteiger partial charge in [0.15, 0.2) is 0 Å². The molecule has 1 aliphatic carbocycles. The number of likely N-dealkylation sites (tertiary alicyclic amines) is 1. The van der Waals surface area contributed by atoms with E-state index in [0.29, 0.717) is 24.3 Å². The molecule has 7 nitrogen and oxygen atoms in total. The highest BCUT2D eigenvalue weighted by atomic mass is 16.6. The van der Waals surface area contributed by atoms with Crippen LogP contribution in [-0.4, -0.2) is 50.7 Å². The Labute approximate surface area is 142 Å². The van der Waals surface area contributed by atoms with E-state index in [2.05, 4.69) is 35.5 Å². The van der Waals surface area contributed by atoms with Crippen molar-refractivity contribution in [3.63, 3.8) is 0 Å². The summed E-state index contributed by atoms with van der Waals surface area (Å²) in [5, 5.41) is 12.7. The van der Waals surface area contributed by atoms with Gasteiger partial charge in [-0.3, -0.25) is 4.79 Å². The molecule has 24 heavy (non-hydrogen) atoms. The molecule has 0 spiro atoms. The van der Waals surface area contributed by atoms with Gasteiger partial charge in [-0.2, -0.15) is 0 Å². The Kier molecular flexibility index (Phi) is 4.02. The van der Waals surface area contributed by atoms with Crippen LogP contribution in [0.25, 0.3) is 0 Å². The maximum Gasteiger partial charge on any atom is 0.266 e. The SMILES string of the molecule is CC(C)C1=NOC(C(=O)N2CCC(n3cc(C4CC4)nn3)CC2)C1. The Hall–Kier alpha value is -1.92. The standard InChI is InChI=1S/C17H25N5O2/c1-11(2)14-9-16(24-19-14)17(23)21-7-5-13(6-8-21)22-10-15(18-20-22)12-3-4-12/h10-13,16H,3-9H2,1-2H3. The van der Waals surface area contributed by atoms with Gasteiger partial charge in [0, 0.05) is 31.6 Å². The number of rotatable bonds is 4. The molecule has 0 N–H and O–H groups in total. The van der Waals surface area contributed by atoms with Gasteiger partial charge in [0.05, 0.1) is 17.4 Å². The molecular weight excluding hydrogens is 306 g/mol. The number of hydrogen-bond acceptors (Lipinski definition) is 5. The molecule has 4 rings (SSSR count). The number of hydrogen-bond donors (Lipinski definition) is 0. The zero-order chi connectivity index (χ0) is 16.7. The van der Waals surface area contributed by atoms with E-state index in [0.717, 1.165) is 37.3 Å². The summed E-state index contributed by atoms with van der Waals surface area (Å²) in [6.07, 6.45) is 6.63. The summed E-state index contributed by atoms with van der Waals surface area (Å²) < 4.78 is 2.00. The molecule has 1 unspecified atom stereocenters. The largest absolute Gasteiger partial charge is 0.382 e. The molecular formula is C17H25N5O2. The maximum absolute atomic E-state index is 12.6. The third-order valence-corrected chi connectivity index (χ3v) is 5.31. The Bertz CT molecular complexity index is 641. The van der Waals surface area contributed by atoms with Gasteiger partial charge < -0.3 is 9.74 Å². The Morgan fingerprint density at radius 3 is 2.62 bits per heavy atom. The van der Waals surface area contributed by atoms with E-state index in [1.54, 1.807) is 0 Å². The molecule has 0 bridgehead atoms. The predicted molar refractivity (Wildman–Crippen MR) is 88.6 cm³/mol. The van der Waals surface area contributed by atoms with Crippen LogP contribution in [-0.2, 0) is 9.63 Å². The zero-order valence-corrected chi connectivity index (χ0v) is 14.4. The van der Waals surface area contributed by atoms with Crippen molar-refractivity contribution in [1.29, 1.82) is 0 Å². The summed E-state index contributed by atoms with van der Waals surface area (Å²) in [6, 6.07) is 0.348. The van der Waals surface area contributed by atoms with Crippen molar-refractivity contribution < 1.29 is 9.63 Å². The lowest BCUT2D eigenvalue weighted by Gasteiger charge is -2.32. The summed E-state index contributed by atoms with van der Waals surface area (Å²) >= 11 is 0. The first kappa shape index (κ1) is 15.6. The van der Waals surface area contributed by atoms with Gasteiger partial charge in [0.2, 0.25) is 6.10 Å². The molecule has 2 fully saturated rings. The molecule has 1 aromatic heterocycles. The van der Waals surface area contributed by atoms with Crippen LogP contribution in [0, 0.1) is 5.92 Å². The Balaban J connectivity index is 1.30. The van der Waals surface area contributed by atoms with Gasteiger partial charge >= 0.3 is 0 Å². The number of oxime groups is 1. The number of carbonyl (C=O) groups excluding carboxylic acids is 1. The average molecular weight is 331 g/mol. The summed E-state index contributed by atoms with van der Waals surface area (Å²) in [5.41, 5.74) is 2.12. The zero-order valence-electron chi connectivity index (χ0n) is 14.4. The van der Waals surface area contributed by atoms with Crippen LogP contribution in [0.15, 0.2) is 11.4 Å². The molecule has 0 aromatic carbocycles. The summed E-state index contributed by atoms with van der Waals surface area (Å²) in [7, 11) is 0. The van der Waals surface area contributed by atoms with Gasteiger partial charge in [-0.05, 0) is 31.6 Å². The minimum atomic E-state index is -0.424. The van der Waals surface area contributed by atoms with Gasteiger partial charge in [-0.15, -0.1) is 5.10 Å². The van der Waals surface area contributed by atoms with E-state index in [4.69, 9.17) is 4.84 Å². The minimum Gasteiger partial charge on any atom is -0.382 e. The second-order valence-electron chi connectivity index (χ2n) is 7.49. The first-order chi connectivity index (χ1) is 11.6. The smallest absolute Gasteiger partial charge is 0.266 e. The van der Waals surface area contributed by atoms with Crippen molar-refractivity contribution in [2.45, 2.75) is 64.0 Å². The normalized spacial score (nSPS) is 25.0. The van der Waals surface area contributed by atoms with Crippen LogP contribution in [0.5, 0.6) is 0 Å². The van der Waals surface area contributed by atoms with Crippen LogP contribution < -0.4 is 0 Å². The number of piperidine rings is 1. The Morgan fingerprint density at radius 2 is 2.00 bits per heavy atom. The van der Waals surface area contributed by atoms with Gasteiger partial charge in [0.1, 0.15) is 0 Å². The van der Waals surface area contributed by atoms with Gasteiger partial charge in [-0.25, -0.2) is 4.68 Å². The summed E-state index contributed by atoms with van der Waals surface area (Å²) in [5.74, 6) is 1.04. The molecule has 3 aliphatic rings. The van der Waals surface area contributed by atoms with Crippen LogP contribution >= 0.6 is 0 Å². The molecule has 3 heterocycles. The van der Waals surface area contributed by atoms with E-state index in [1.807, 2.05) is 9.58 Å². The highest BCUT2D eigenvalue weighted by molar-refractivity contribution is 5.93. The van der Waals surface area contributed by atoms with Gasteiger partial charge in [-0.1, -0.05) is 24.2 Å². The molecule has 130 valence electrons. The maximum atomic E-state index is 12.6. The van der Waals surface area contributed by atoms with Crippen molar-refractivity contribution >= 4 is 11.6 Å². The fourth-order valence-corrected chi connectivity index (χ4v) is 3.46. The highest BCUT2D eigenvalue weighted by Crippen LogP contribution is 2.39. The third-order valence-electron chi connectivity index (χ3n) is 5.31. The molecule has 1 amide bonds. The van der Waals surface area contributed by atoms with Crippen molar-refractivity contribution in [3.05, 3.63) is 11.9 Å². The monoisotopic (exact) mass is 331 g/mol. The molecule has 1 atom stereocenters. The van der Waals surface area contributed by atoms with E-state index < -0.39 is 6.10 Å². The van der Waals surface area contributed by atoms with E-state index in [1.165, 1.54) is 12.8 Å². The van der Waals surface area contributed by atoms with Crippen molar-refractivity contribution in [3.8, 4) is 0 Å². The lowest BCUT2D eigenvalue weighted by Crippen LogP contribution is -2.44. The fourth-order valence-electron chi connectivity index (χ4n) is 3.46. The lowest BCUT2D eigenvalue weighted by molar-refractivity contribution is -0.143.